The molecule has 0 fully saturated rings. The van der Waals surface area contributed by atoms with Crippen LogP contribution in [0.15, 0.2) is 114 Å². The van der Waals surface area contributed by atoms with Gasteiger partial charge in [0.05, 0.1) is 33.5 Å². The number of benzene rings is 4. The van der Waals surface area contributed by atoms with Crippen molar-refractivity contribution >= 4 is 37.9 Å². The minimum absolute atomic E-state index is 0.204. The maximum atomic E-state index is 11.3. The number of nitrogens with one attached hydrogen (secondary N) is 2. The molecule has 0 aromatic heterocycles. The number of amidine groups is 2. The van der Waals surface area contributed by atoms with E-state index in [1.54, 1.807) is 27.9 Å². The molecule has 259 valence electrons. The van der Waals surface area contributed by atoms with Crippen LogP contribution in [0.5, 0.6) is 11.5 Å². The molecule has 0 atom stereocenters. The van der Waals surface area contributed by atoms with E-state index in [9.17, 15) is 14.4 Å². The smallest absolute Gasteiger partial charge is 0.330 e. The predicted molar refractivity (Wildman–Crippen MR) is 203 cm³/mol. The van der Waals surface area contributed by atoms with Crippen LogP contribution in [0.2, 0.25) is 0 Å². The summed E-state index contributed by atoms with van der Waals surface area (Å²) < 4.78 is 28.4. The maximum absolute atomic E-state index is 11.3. The summed E-state index contributed by atoms with van der Waals surface area (Å²) in [7, 11) is 0.909. The molecule has 0 spiro atoms. The molecule has 0 saturated carbocycles. The molecule has 0 aliphatic rings. The average Bonchev–Trinajstić information content (AvgIpc) is 3.10. The molecule has 4 N–H and O–H groups in total. The molecule has 0 heterocycles. The summed E-state index contributed by atoms with van der Waals surface area (Å²) >= 11 is 0. The van der Waals surface area contributed by atoms with Gasteiger partial charge in [-0.3, -0.25) is 9.56 Å². The van der Waals surface area contributed by atoms with Crippen molar-refractivity contribution in [2.24, 2.45) is 9.98 Å². The zero-order valence-electron chi connectivity index (χ0n) is 28.8. The lowest BCUT2D eigenvalue weighted by Crippen LogP contribution is -2.20. The number of nitrogens with zero attached hydrogens (tertiary/aromatic N) is 2. The van der Waals surface area contributed by atoms with Crippen LogP contribution in [0.3, 0.4) is 0 Å². The largest absolute Gasteiger partial charge is 0.497 e. The van der Waals surface area contributed by atoms with E-state index < -0.39 is 7.60 Å². The number of hydrogen-bond donors (Lipinski definition) is 4. The van der Waals surface area contributed by atoms with E-state index in [0.717, 1.165) is 55.8 Å². The minimum Gasteiger partial charge on any atom is -0.497 e. The first-order chi connectivity index (χ1) is 24.0. The van der Waals surface area contributed by atoms with E-state index in [-0.39, 0.29) is 19.2 Å². The fourth-order valence-electron chi connectivity index (χ4n) is 5.12. The van der Waals surface area contributed by atoms with E-state index in [1.165, 1.54) is 6.20 Å². The summed E-state index contributed by atoms with van der Waals surface area (Å²) in [6.45, 7) is 12.3. The summed E-state index contributed by atoms with van der Waals surface area (Å²) in [4.78, 5) is 27.7. The molecule has 1 radical (unpaired) electrons. The van der Waals surface area contributed by atoms with Gasteiger partial charge in [-0.15, -0.1) is 0 Å². The molecule has 4 aromatic rings. The van der Waals surface area contributed by atoms with Crippen LogP contribution in [0, 0.1) is 13.8 Å². The lowest BCUT2D eigenvalue weighted by Gasteiger charge is -2.17. The number of rotatable bonds is 16. The van der Waals surface area contributed by atoms with Gasteiger partial charge < -0.3 is 34.5 Å². The maximum Gasteiger partial charge on any atom is 0.330 e. The Morgan fingerprint density at radius 1 is 0.880 bits per heavy atom. The number of ether oxygens (including phenoxy) is 2. The highest BCUT2D eigenvalue weighted by atomic mass is 31.2. The first-order valence-electron chi connectivity index (χ1n) is 15.9. The van der Waals surface area contributed by atoms with Gasteiger partial charge in [-0.05, 0) is 90.7 Å². The highest BCUT2D eigenvalue weighted by molar-refractivity contribution is 7.51. The SMILES string of the molecule is C=CN=C(Nc1ccc(CCP(=O)(O)O)cc1)c1cc(OC)c(C)cc1CO[B]c1ccc(CN=C(NC=C)c2cc(OC)ccc2C)cc1. The van der Waals surface area contributed by atoms with Gasteiger partial charge in [-0.2, -0.15) is 0 Å². The summed E-state index contributed by atoms with van der Waals surface area (Å²) in [5, 5.41) is 6.50. The van der Waals surface area contributed by atoms with Crippen molar-refractivity contribution in [1.29, 1.82) is 0 Å². The standard InChI is InChI=1S/C38H43BN4O6P/c1-7-40-37(34-22-33(47-5)18-9-26(34)3)42-24-29-10-14-31(15-11-29)39-49-25-30-21-27(4)36(48-6)23-35(30)38(41-8-2)43-32-16-12-28(13-17-32)19-20-50(44,45)46/h7-18,21-23H,1-2,19-20,24-25H2,3-6H3,(H,40,42)(H,41,43)(H2,44,45,46). The quantitative estimate of drug-likeness (QED) is 0.0473. The van der Waals surface area contributed by atoms with E-state index in [2.05, 4.69) is 28.8 Å². The third kappa shape index (κ3) is 11.0. The Labute approximate surface area is 295 Å². The van der Waals surface area contributed by atoms with Crippen molar-refractivity contribution in [2.45, 2.75) is 33.4 Å². The second kappa shape index (κ2) is 18.2. The molecule has 0 aliphatic heterocycles. The number of aryl methyl sites for hydroxylation is 3. The van der Waals surface area contributed by atoms with Gasteiger partial charge in [-0.1, -0.05) is 61.1 Å². The van der Waals surface area contributed by atoms with E-state index in [4.69, 9.17) is 19.1 Å². The van der Waals surface area contributed by atoms with Gasteiger partial charge in [0.2, 0.25) is 0 Å². The zero-order valence-corrected chi connectivity index (χ0v) is 29.7. The molecule has 12 heteroatoms. The van der Waals surface area contributed by atoms with Crippen molar-refractivity contribution < 1.29 is 28.5 Å². The Morgan fingerprint density at radius 2 is 1.60 bits per heavy atom. The highest BCUT2D eigenvalue weighted by Crippen LogP contribution is 2.35. The van der Waals surface area contributed by atoms with Crippen molar-refractivity contribution in [3.8, 4) is 11.5 Å². The topological polar surface area (TPSA) is 134 Å². The fourth-order valence-corrected chi connectivity index (χ4v) is 5.67. The molecule has 0 unspecified atom stereocenters. The second-order valence-corrected chi connectivity index (χ2v) is 13.2. The van der Waals surface area contributed by atoms with Crippen LogP contribution in [0.25, 0.3) is 0 Å². The molecule has 4 aromatic carbocycles. The molecular weight excluding hydrogens is 650 g/mol. The first kappa shape index (κ1) is 37.9. The third-order valence-electron chi connectivity index (χ3n) is 7.80. The van der Waals surface area contributed by atoms with Gasteiger partial charge in [0, 0.05) is 23.0 Å². The molecule has 0 amide bonds. The normalized spacial score (nSPS) is 11.9. The molecular formula is C38H43BN4O6P. The number of hydrogen-bond acceptors (Lipinski definition) is 6. The van der Waals surface area contributed by atoms with Crippen LogP contribution in [0.1, 0.15) is 38.9 Å². The van der Waals surface area contributed by atoms with Crippen LogP contribution in [0.4, 0.5) is 5.69 Å². The van der Waals surface area contributed by atoms with E-state index in [1.807, 2.05) is 92.7 Å². The van der Waals surface area contributed by atoms with E-state index in [0.29, 0.717) is 24.0 Å². The van der Waals surface area contributed by atoms with Crippen LogP contribution in [-0.4, -0.2) is 49.3 Å². The van der Waals surface area contributed by atoms with Gasteiger partial charge in [0.1, 0.15) is 23.2 Å². The molecule has 50 heavy (non-hydrogen) atoms. The average molecular weight is 694 g/mol. The van der Waals surface area contributed by atoms with Crippen molar-refractivity contribution in [1.82, 2.24) is 5.32 Å². The molecule has 4 rings (SSSR count). The minimum atomic E-state index is -4.07. The zero-order chi connectivity index (χ0) is 36.1. The Bertz CT molecular complexity index is 1890. The van der Waals surface area contributed by atoms with Gasteiger partial charge >= 0.3 is 15.1 Å². The van der Waals surface area contributed by atoms with Crippen LogP contribution < -0.4 is 25.6 Å². The molecule has 10 nitrogen and oxygen atoms in total. The Kier molecular flexibility index (Phi) is 13.8. The molecule has 0 bridgehead atoms. The first-order valence-corrected chi connectivity index (χ1v) is 17.7. The summed E-state index contributed by atoms with van der Waals surface area (Å²) in [6.07, 6.45) is 3.15. The van der Waals surface area contributed by atoms with Crippen molar-refractivity contribution in [2.75, 3.05) is 25.7 Å². The lowest BCUT2D eigenvalue weighted by molar-refractivity contribution is 0.329. The van der Waals surface area contributed by atoms with Gasteiger partial charge in [-0.25, -0.2) is 4.99 Å². The predicted octanol–water partition coefficient (Wildman–Crippen LogP) is 6.18. The van der Waals surface area contributed by atoms with Gasteiger partial charge in [0.15, 0.2) is 0 Å². The van der Waals surface area contributed by atoms with E-state index >= 15 is 0 Å². The molecule has 0 aliphatic carbocycles. The Balaban J connectivity index is 1.45. The fraction of sp³-hybridized carbons (Fsp3) is 0.211. The van der Waals surface area contributed by atoms with Crippen LogP contribution >= 0.6 is 7.60 Å². The monoisotopic (exact) mass is 693 g/mol. The van der Waals surface area contributed by atoms with Gasteiger partial charge in [0.25, 0.3) is 0 Å². The summed E-state index contributed by atoms with van der Waals surface area (Å²) in [5.74, 6) is 2.71. The summed E-state index contributed by atoms with van der Waals surface area (Å²) in [5.41, 5.74) is 8.12. The molecule has 0 saturated heterocycles. The van der Waals surface area contributed by atoms with Crippen molar-refractivity contribution in [3.05, 3.63) is 143 Å². The second-order valence-electron chi connectivity index (χ2n) is 11.5. The number of methoxy groups -OCH3 is 2. The lowest BCUT2D eigenvalue weighted by atomic mass is 9.87. The van der Waals surface area contributed by atoms with Crippen molar-refractivity contribution in [3.63, 3.8) is 0 Å². The van der Waals surface area contributed by atoms with Crippen LogP contribution in [-0.2, 0) is 28.8 Å². The summed E-state index contributed by atoms with van der Waals surface area (Å²) in [6, 6.07) is 25.1. The third-order valence-corrected chi connectivity index (χ3v) is 8.61. The number of anilines is 1. The number of aliphatic imine (C=N–C) groups is 2. The Morgan fingerprint density at radius 3 is 2.24 bits per heavy atom. The highest BCUT2D eigenvalue weighted by Gasteiger charge is 2.16. The Hall–Kier alpha value is -4.93.